The van der Waals surface area contributed by atoms with Crippen molar-refractivity contribution >= 4 is 11.5 Å². The summed E-state index contributed by atoms with van der Waals surface area (Å²) in [6, 6.07) is 0. The van der Waals surface area contributed by atoms with Gasteiger partial charge in [0.2, 0.25) is 0 Å². The molecule has 1 aromatic rings. The second-order valence-electron chi connectivity index (χ2n) is 3.25. The zero-order valence-corrected chi connectivity index (χ0v) is 8.43. The summed E-state index contributed by atoms with van der Waals surface area (Å²) in [5.41, 5.74) is 0. The van der Waals surface area contributed by atoms with Crippen molar-refractivity contribution in [1.82, 2.24) is 9.36 Å². The van der Waals surface area contributed by atoms with Crippen LogP contribution < -0.4 is 0 Å². The molecule has 0 radical (unpaired) electrons. The highest BCUT2D eigenvalue weighted by molar-refractivity contribution is 7.05. The molecule has 4 heteroatoms. The Labute approximate surface area is 76.6 Å². The number of aryl methyl sites for hydroxylation is 1. The van der Waals surface area contributed by atoms with Crippen LogP contribution in [-0.2, 0) is 6.42 Å². The van der Waals surface area contributed by atoms with Crippen LogP contribution in [-0.4, -0.2) is 20.6 Å². The zero-order chi connectivity index (χ0) is 9.14. The standard InChI is InChI=1S/C8H14N2OS/c1-5(2)7(11)4-8-9-6(3)10-12-8/h5,7,11H,4H2,1-3H3. The second kappa shape index (κ2) is 3.96. The fraction of sp³-hybridized carbons (Fsp3) is 0.750. The molecular weight excluding hydrogens is 172 g/mol. The van der Waals surface area contributed by atoms with Gasteiger partial charge in [0, 0.05) is 6.42 Å². The zero-order valence-electron chi connectivity index (χ0n) is 7.61. The molecule has 12 heavy (non-hydrogen) atoms. The Morgan fingerprint density at radius 2 is 2.17 bits per heavy atom. The molecule has 0 aromatic carbocycles. The van der Waals surface area contributed by atoms with Gasteiger partial charge < -0.3 is 5.11 Å². The van der Waals surface area contributed by atoms with E-state index in [9.17, 15) is 5.11 Å². The number of aliphatic hydroxyl groups is 1. The van der Waals surface area contributed by atoms with Crippen LogP contribution in [0.5, 0.6) is 0 Å². The highest BCUT2D eigenvalue weighted by Gasteiger charge is 2.12. The van der Waals surface area contributed by atoms with E-state index in [1.807, 2.05) is 20.8 Å². The van der Waals surface area contributed by atoms with E-state index in [0.717, 1.165) is 10.8 Å². The fourth-order valence-corrected chi connectivity index (χ4v) is 1.53. The molecule has 1 aromatic heterocycles. The number of hydrogen-bond donors (Lipinski definition) is 1. The largest absolute Gasteiger partial charge is 0.392 e. The Balaban J connectivity index is 2.52. The van der Waals surface area contributed by atoms with Crippen molar-refractivity contribution in [1.29, 1.82) is 0 Å². The minimum Gasteiger partial charge on any atom is -0.392 e. The summed E-state index contributed by atoms with van der Waals surface area (Å²) < 4.78 is 4.05. The van der Waals surface area contributed by atoms with E-state index in [4.69, 9.17) is 0 Å². The molecule has 0 aliphatic carbocycles. The predicted molar refractivity (Wildman–Crippen MR) is 49.2 cm³/mol. The maximum atomic E-state index is 9.53. The maximum absolute atomic E-state index is 9.53. The van der Waals surface area contributed by atoms with Crippen molar-refractivity contribution in [2.24, 2.45) is 5.92 Å². The molecule has 0 amide bonds. The minimum atomic E-state index is -0.294. The molecule has 0 aliphatic rings. The van der Waals surface area contributed by atoms with Crippen LogP contribution in [0.1, 0.15) is 24.7 Å². The van der Waals surface area contributed by atoms with Gasteiger partial charge in [-0.2, -0.15) is 4.37 Å². The fourth-order valence-electron chi connectivity index (χ4n) is 0.838. The molecular formula is C8H14N2OS. The molecule has 0 saturated heterocycles. The number of aromatic nitrogens is 2. The average Bonchev–Trinajstić information content (AvgIpc) is 2.35. The summed E-state index contributed by atoms with van der Waals surface area (Å²) in [6.45, 7) is 5.86. The van der Waals surface area contributed by atoms with Gasteiger partial charge in [-0.05, 0) is 24.4 Å². The lowest BCUT2D eigenvalue weighted by Crippen LogP contribution is -2.17. The molecule has 0 aliphatic heterocycles. The molecule has 1 atom stereocenters. The first-order valence-corrected chi connectivity index (χ1v) is 4.84. The number of nitrogens with zero attached hydrogens (tertiary/aromatic N) is 2. The van der Waals surface area contributed by atoms with Crippen LogP contribution in [0.15, 0.2) is 0 Å². The third-order valence-corrected chi connectivity index (χ3v) is 2.55. The lowest BCUT2D eigenvalue weighted by molar-refractivity contribution is 0.125. The van der Waals surface area contributed by atoms with Gasteiger partial charge in [-0.3, -0.25) is 0 Å². The smallest absolute Gasteiger partial charge is 0.139 e. The predicted octanol–water partition coefficient (Wildman–Crippen LogP) is 1.41. The Kier molecular flexibility index (Phi) is 3.17. The molecule has 0 saturated carbocycles. The van der Waals surface area contributed by atoms with Crippen molar-refractivity contribution < 1.29 is 5.11 Å². The van der Waals surface area contributed by atoms with Crippen molar-refractivity contribution in [3.05, 3.63) is 10.8 Å². The first kappa shape index (κ1) is 9.61. The number of rotatable bonds is 3. The van der Waals surface area contributed by atoms with Crippen LogP contribution in [0.3, 0.4) is 0 Å². The summed E-state index contributed by atoms with van der Waals surface area (Å²) >= 11 is 1.37. The number of hydrogen-bond acceptors (Lipinski definition) is 4. The lowest BCUT2D eigenvalue weighted by Gasteiger charge is -2.11. The molecule has 1 N–H and O–H groups in total. The third kappa shape index (κ3) is 2.53. The topological polar surface area (TPSA) is 46.0 Å². The molecule has 1 rings (SSSR count). The summed E-state index contributed by atoms with van der Waals surface area (Å²) in [5, 5.41) is 10.5. The van der Waals surface area contributed by atoms with E-state index < -0.39 is 0 Å². The van der Waals surface area contributed by atoms with Crippen molar-refractivity contribution in [2.75, 3.05) is 0 Å². The molecule has 68 valence electrons. The van der Waals surface area contributed by atoms with Crippen LogP contribution >= 0.6 is 11.5 Å². The quantitative estimate of drug-likeness (QED) is 0.776. The Morgan fingerprint density at radius 1 is 1.50 bits per heavy atom. The lowest BCUT2D eigenvalue weighted by atomic mass is 10.1. The SMILES string of the molecule is Cc1nsc(CC(O)C(C)C)n1. The number of aliphatic hydroxyl groups excluding tert-OH is 1. The normalized spacial score (nSPS) is 13.8. The average molecular weight is 186 g/mol. The highest BCUT2D eigenvalue weighted by atomic mass is 32.1. The Bertz CT molecular complexity index is 247. The van der Waals surface area contributed by atoms with E-state index in [-0.39, 0.29) is 12.0 Å². The van der Waals surface area contributed by atoms with Gasteiger partial charge in [0.05, 0.1) is 6.10 Å². The van der Waals surface area contributed by atoms with Gasteiger partial charge in [-0.25, -0.2) is 4.98 Å². The minimum absolute atomic E-state index is 0.286. The van der Waals surface area contributed by atoms with Gasteiger partial charge in [0.1, 0.15) is 10.8 Å². The first-order chi connectivity index (χ1) is 5.59. The van der Waals surface area contributed by atoms with Gasteiger partial charge in [-0.15, -0.1) is 0 Å². The summed E-state index contributed by atoms with van der Waals surface area (Å²) in [7, 11) is 0. The highest BCUT2D eigenvalue weighted by Crippen LogP contribution is 2.11. The first-order valence-electron chi connectivity index (χ1n) is 4.07. The Morgan fingerprint density at radius 3 is 2.58 bits per heavy atom. The van der Waals surface area contributed by atoms with E-state index in [0.29, 0.717) is 6.42 Å². The van der Waals surface area contributed by atoms with E-state index in [1.165, 1.54) is 11.5 Å². The summed E-state index contributed by atoms with van der Waals surface area (Å²) in [6.07, 6.45) is 0.334. The summed E-state index contributed by atoms with van der Waals surface area (Å²) in [4.78, 5) is 4.18. The van der Waals surface area contributed by atoms with Crippen molar-refractivity contribution in [3.8, 4) is 0 Å². The van der Waals surface area contributed by atoms with Crippen LogP contribution in [0, 0.1) is 12.8 Å². The van der Waals surface area contributed by atoms with E-state index >= 15 is 0 Å². The third-order valence-electron chi connectivity index (χ3n) is 1.72. The van der Waals surface area contributed by atoms with Crippen LogP contribution in [0.4, 0.5) is 0 Å². The molecule has 0 bridgehead atoms. The maximum Gasteiger partial charge on any atom is 0.139 e. The molecule has 3 nitrogen and oxygen atoms in total. The van der Waals surface area contributed by atoms with Crippen LogP contribution in [0.2, 0.25) is 0 Å². The van der Waals surface area contributed by atoms with Crippen LogP contribution in [0.25, 0.3) is 0 Å². The molecule has 1 heterocycles. The molecule has 1 unspecified atom stereocenters. The van der Waals surface area contributed by atoms with Gasteiger partial charge in [0.15, 0.2) is 0 Å². The molecule has 0 spiro atoms. The van der Waals surface area contributed by atoms with Gasteiger partial charge >= 0.3 is 0 Å². The van der Waals surface area contributed by atoms with Gasteiger partial charge in [-0.1, -0.05) is 13.8 Å². The van der Waals surface area contributed by atoms with Gasteiger partial charge in [0.25, 0.3) is 0 Å². The van der Waals surface area contributed by atoms with E-state index in [1.54, 1.807) is 0 Å². The second-order valence-corrected chi connectivity index (χ2v) is 4.09. The van der Waals surface area contributed by atoms with Crippen molar-refractivity contribution in [3.63, 3.8) is 0 Å². The van der Waals surface area contributed by atoms with E-state index in [2.05, 4.69) is 9.36 Å². The monoisotopic (exact) mass is 186 g/mol. The summed E-state index contributed by atoms with van der Waals surface area (Å²) in [5.74, 6) is 1.08. The molecule has 0 fully saturated rings. The van der Waals surface area contributed by atoms with Crippen molar-refractivity contribution in [2.45, 2.75) is 33.3 Å². The Hall–Kier alpha value is -0.480.